The number of benzene rings is 1. The van der Waals surface area contributed by atoms with Crippen LogP contribution in [0.1, 0.15) is 46.5 Å². The number of fused-ring (bicyclic) bond motifs is 1. The number of carbonyl (C=O) groups excluding carboxylic acids is 3. The van der Waals surface area contributed by atoms with E-state index in [1.807, 2.05) is 4.90 Å². The molecule has 3 N–H and O–H groups in total. The summed E-state index contributed by atoms with van der Waals surface area (Å²) in [5.74, 6) is -0.327. The summed E-state index contributed by atoms with van der Waals surface area (Å²) in [5, 5.41) is 14.5. The van der Waals surface area contributed by atoms with Crippen LogP contribution in [0, 0.1) is 5.92 Å². The number of nitrogens with zero attached hydrogens (tertiary/aromatic N) is 3. The van der Waals surface area contributed by atoms with E-state index in [1.54, 1.807) is 27.9 Å². The van der Waals surface area contributed by atoms with Gasteiger partial charge in [-0.2, -0.15) is 0 Å². The molecule has 2 aliphatic heterocycles. The van der Waals surface area contributed by atoms with E-state index in [0.717, 1.165) is 12.8 Å². The van der Waals surface area contributed by atoms with Crippen molar-refractivity contribution in [3.05, 3.63) is 51.8 Å². The maximum Gasteiger partial charge on any atom is 0.274 e. The summed E-state index contributed by atoms with van der Waals surface area (Å²) in [4.78, 5) is 41.4. The first kappa shape index (κ1) is 23.0. The Morgan fingerprint density at radius 1 is 1.18 bits per heavy atom. The number of aromatic nitrogens is 1. The molecule has 11 heteroatoms. The van der Waals surface area contributed by atoms with Gasteiger partial charge in [-0.15, -0.1) is 0 Å². The number of likely N-dealkylation sites (tertiary alicyclic amines) is 1. The van der Waals surface area contributed by atoms with Gasteiger partial charge in [0.1, 0.15) is 12.4 Å². The van der Waals surface area contributed by atoms with Gasteiger partial charge in [-0.25, -0.2) is 0 Å². The van der Waals surface area contributed by atoms with Gasteiger partial charge in [0.2, 0.25) is 5.91 Å². The fourth-order valence-corrected chi connectivity index (χ4v) is 4.96. The lowest BCUT2D eigenvalue weighted by molar-refractivity contribution is -0.137. The van der Waals surface area contributed by atoms with Crippen LogP contribution in [0.2, 0.25) is 10.0 Å². The molecule has 0 unspecified atom stereocenters. The highest BCUT2D eigenvalue weighted by Crippen LogP contribution is 2.33. The minimum atomic E-state index is -1.05. The third kappa shape index (κ3) is 4.60. The minimum absolute atomic E-state index is 0.164. The lowest BCUT2D eigenvalue weighted by Crippen LogP contribution is -2.56. The number of hydrogen-bond acceptors (Lipinski definition) is 5. The quantitative estimate of drug-likeness (QED) is 0.579. The normalized spacial score (nSPS) is 19.4. The molecule has 1 aliphatic carbocycles. The van der Waals surface area contributed by atoms with Crippen LogP contribution >= 0.6 is 23.2 Å². The summed E-state index contributed by atoms with van der Waals surface area (Å²) >= 11 is 12.0. The Bertz CT molecular complexity index is 1150. The minimum Gasteiger partial charge on any atom is -0.388 e. The summed E-state index contributed by atoms with van der Waals surface area (Å²) in [7, 11) is 0. The molecule has 2 aromatic rings. The Morgan fingerprint density at radius 3 is 2.59 bits per heavy atom. The molecule has 0 bridgehead atoms. The molecule has 0 radical (unpaired) electrons. The van der Waals surface area contributed by atoms with Crippen LogP contribution in [0.25, 0.3) is 0 Å². The zero-order valence-corrected chi connectivity index (χ0v) is 19.9. The second kappa shape index (κ2) is 8.79. The van der Waals surface area contributed by atoms with Crippen molar-refractivity contribution in [3.8, 4) is 0 Å². The smallest absolute Gasteiger partial charge is 0.274 e. The van der Waals surface area contributed by atoms with E-state index >= 15 is 0 Å². The molecular formula is C23H25Cl2N5O4. The first-order chi connectivity index (χ1) is 16.2. The molecule has 0 atom stereocenters. The molecule has 3 aliphatic rings. The van der Waals surface area contributed by atoms with E-state index in [4.69, 9.17) is 23.2 Å². The Hall–Kier alpha value is -2.75. The van der Waals surface area contributed by atoms with Crippen LogP contribution < -0.4 is 10.7 Å². The van der Waals surface area contributed by atoms with Crippen molar-refractivity contribution in [2.45, 2.75) is 31.3 Å². The first-order valence-corrected chi connectivity index (χ1v) is 12.0. The van der Waals surface area contributed by atoms with Gasteiger partial charge in [0.15, 0.2) is 0 Å². The Kier molecular flexibility index (Phi) is 5.95. The molecule has 3 heterocycles. The van der Waals surface area contributed by atoms with E-state index in [1.165, 1.54) is 12.1 Å². The molecule has 9 nitrogen and oxygen atoms in total. The molecule has 1 aromatic heterocycles. The van der Waals surface area contributed by atoms with Crippen molar-refractivity contribution < 1.29 is 19.5 Å². The number of halogens is 2. The summed E-state index contributed by atoms with van der Waals surface area (Å²) in [6.45, 7) is 1.38. The van der Waals surface area contributed by atoms with E-state index in [0.29, 0.717) is 42.3 Å². The van der Waals surface area contributed by atoms with Crippen LogP contribution in [0.15, 0.2) is 30.5 Å². The highest BCUT2D eigenvalue weighted by molar-refractivity contribution is 6.37. The van der Waals surface area contributed by atoms with Gasteiger partial charge in [-0.3, -0.25) is 19.1 Å². The van der Waals surface area contributed by atoms with Gasteiger partial charge >= 0.3 is 0 Å². The topological polar surface area (TPSA) is 107 Å². The fraction of sp³-hybridized carbons (Fsp3) is 0.435. The molecule has 34 heavy (non-hydrogen) atoms. The lowest BCUT2D eigenvalue weighted by Gasteiger charge is -2.42. The third-order valence-electron chi connectivity index (χ3n) is 6.61. The molecule has 0 spiro atoms. The van der Waals surface area contributed by atoms with Crippen molar-refractivity contribution in [3.63, 3.8) is 0 Å². The van der Waals surface area contributed by atoms with Gasteiger partial charge in [0.05, 0.1) is 34.6 Å². The SMILES string of the molecule is O=C(Nc1cc2n(c1)NCN(CC1(O)CCN(C(=O)C3CC3)CC1)C2=O)c1ccc(Cl)cc1Cl. The number of hydrogen-bond donors (Lipinski definition) is 3. The molecule has 180 valence electrons. The van der Waals surface area contributed by atoms with E-state index in [2.05, 4.69) is 10.7 Å². The average molecular weight is 506 g/mol. The van der Waals surface area contributed by atoms with Gasteiger partial charge in [-0.1, -0.05) is 23.2 Å². The molecular weight excluding hydrogens is 481 g/mol. The zero-order chi connectivity index (χ0) is 24.0. The van der Waals surface area contributed by atoms with Crippen molar-refractivity contribution in [1.29, 1.82) is 0 Å². The van der Waals surface area contributed by atoms with Crippen LogP contribution in [-0.2, 0) is 4.79 Å². The number of rotatable bonds is 5. The van der Waals surface area contributed by atoms with E-state index < -0.39 is 11.5 Å². The number of amides is 3. The van der Waals surface area contributed by atoms with Crippen LogP contribution in [0.5, 0.6) is 0 Å². The predicted octanol–water partition coefficient (Wildman–Crippen LogP) is 2.77. The number of nitrogens with one attached hydrogen (secondary N) is 2. The summed E-state index contributed by atoms with van der Waals surface area (Å²) in [6, 6.07) is 6.17. The standard InChI is InChI=1S/C23H25Cl2N5O4/c24-15-3-4-17(18(25)9-15)20(31)27-16-10-19-22(33)29(13-26-30(19)11-16)12-23(34)5-7-28(8-6-23)21(32)14-1-2-14/h3-4,9-11,14,26,34H,1-2,5-8,12-13H2,(H,27,31). The summed E-state index contributed by atoms with van der Waals surface area (Å²) < 4.78 is 1.55. The number of anilines is 1. The number of β-amino-alcohol motifs (C(OH)–C–C–N with tert-alkyl or cyclic N) is 1. The Morgan fingerprint density at radius 2 is 1.91 bits per heavy atom. The summed E-state index contributed by atoms with van der Waals surface area (Å²) in [5.41, 5.74) is 3.10. The van der Waals surface area contributed by atoms with Crippen LogP contribution in [0.3, 0.4) is 0 Å². The maximum absolute atomic E-state index is 13.1. The van der Waals surface area contributed by atoms with Crippen molar-refractivity contribution in [2.24, 2.45) is 5.92 Å². The molecule has 2 fully saturated rings. The highest BCUT2D eigenvalue weighted by Gasteiger charge is 2.41. The molecule has 3 amide bonds. The second-order valence-electron chi connectivity index (χ2n) is 9.21. The van der Waals surface area contributed by atoms with Gasteiger partial charge in [0, 0.05) is 24.0 Å². The van der Waals surface area contributed by atoms with Crippen molar-refractivity contribution in [2.75, 3.05) is 37.0 Å². The molecule has 1 aromatic carbocycles. The predicted molar refractivity (Wildman–Crippen MR) is 128 cm³/mol. The zero-order valence-electron chi connectivity index (χ0n) is 18.4. The van der Waals surface area contributed by atoms with Crippen LogP contribution in [0.4, 0.5) is 5.69 Å². The van der Waals surface area contributed by atoms with Gasteiger partial charge in [-0.05, 0) is 49.9 Å². The van der Waals surface area contributed by atoms with Gasteiger partial charge in [0.25, 0.3) is 11.8 Å². The number of carbonyl (C=O) groups is 3. The van der Waals surface area contributed by atoms with Crippen molar-refractivity contribution in [1.82, 2.24) is 14.5 Å². The van der Waals surface area contributed by atoms with E-state index in [9.17, 15) is 19.5 Å². The van der Waals surface area contributed by atoms with E-state index in [-0.39, 0.29) is 41.5 Å². The molecule has 1 saturated heterocycles. The average Bonchev–Trinajstić information content (AvgIpc) is 3.56. The largest absolute Gasteiger partial charge is 0.388 e. The first-order valence-electron chi connectivity index (χ1n) is 11.3. The summed E-state index contributed by atoms with van der Waals surface area (Å²) in [6.07, 6.45) is 4.40. The second-order valence-corrected chi connectivity index (χ2v) is 10.0. The van der Waals surface area contributed by atoms with Gasteiger partial charge < -0.3 is 25.6 Å². The lowest BCUT2D eigenvalue weighted by atomic mass is 9.90. The van der Waals surface area contributed by atoms with Crippen LogP contribution in [-0.4, -0.2) is 69.2 Å². The molecule has 1 saturated carbocycles. The Balaban J connectivity index is 1.22. The highest BCUT2D eigenvalue weighted by atomic mass is 35.5. The number of aliphatic hydroxyl groups is 1. The Labute approximate surface area is 206 Å². The third-order valence-corrected chi connectivity index (χ3v) is 7.16. The monoisotopic (exact) mass is 505 g/mol. The maximum atomic E-state index is 13.1. The molecule has 5 rings (SSSR count). The number of piperidine rings is 1. The van der Waals surface area contributed by atoms with Crippen molar-refractivity contribution >= 4 is 46.6 Å². The fourth-order valence-electron chi connectivity index (χ4n) is 4.47.